The van der Waals surface area contributed by atoms with Crippen LogP contribution in [0.1, 0.15) is 30.6 Å². The first-order valence-corrected chi connectivity index (χ1v) is 8.89. The largest absolute Gasteiger partial charge is 0.480 e. The number of nitrogens with one attached hydrogen (secondary N) is 1. The van der Waals surface area contributed by atoms with Crippen LogP contribution in [0.3, 0.4) is 0 Å². The van der Waals surface area contributed by atoms with E-state index in [2.05, 4.69) is 20.7 Å². The van der Waals surface area contributed by atoms with E-state index in [0.29, 0.717) is 21.5 Å². The predicted octanol–water partition coefficient (Wildman–Crippen LogP) is 2.49. The molecule has 1 aromatic heterocycles. The number of carboxylic acids is 1. The number of halogens is 1. The molecule has 106 valence electrons. The van der Waals surface area contributed by atoms with Crippen molar-refractivity contribution in [2.75, 3.05) is 0 Å². The Morgan fingerprint density at radius 1 is 1.47 bits per heavy atom. The molecule has 19 heavy (non-hydrogen) atoms. The molecule has 1 aliphatic rings. The van der Waals surface area contributed by atoms with E-state index in [4.69, 9.17) is 0 Å². The van der Waals surface area contributed by atoms with Gasteiger partial charge in [0.25, 0.3) is 0 Å². The zero-order valence-electron chi connectivity index (χ0n) is 10.3. The standard InChI is InChI=1S/C11H14BrNO4S2/c1-7-8(6-9(12)18-7)19(16,17)13-11(10(14)15)4-2-3-5-11/h6,13H,2-5H2,1H3,(H,14,15). The van der Waals surface area contributed by atoms with E-state index in [-0.39, 0.29) is 4.90 Å². The molecular weight excluding hydrogens is 354 g/mol. The summed E-state index contributed by atoms with van der Waals surface area (Å²) in [7, 11) is -3.81. The fourth-order valence-electron chi connectivity index (χ4n) is 2.35. The molecule has 0 bridgehead atoms. The summed E-state index contributed by atoms with van der Waals surface area (Å²) < 4.78 is 27.8. The van der Waals surface area contributed by atoms with E-state index in [1.807, 2.05) is 0 Å². The Balaban J connectivity index is 2.36. The Morgan fingerprint density at radius 2 is 2.05 bits per heavy atom. The van der Waals surface area contributed by atoms with Crippen molar-refractivity contribution in [2.24, 2.45) is 0 Å². The van der Waals surface area contributed by atoms with Crippen LogP contribution in [0.15, 0.2) is 14.7 Å². The maximum atomic E-state index is 12.3. The fourth-order valence-corrected chi connectivity index (χ4v) is 6.18. The number of carboxylic acid groups (broad SMARTS) is 1. The van der Waals surface area contributed by atoms with Crippen molar-refractivity contribution in [1.29, 1.82) is 0 Å². The van der Waals surface area contributed by atoms with Gasteiger partial charge in [0, 0.05) is 4.88 Å². The first-order valence-electron chi connectivity index (χ1n) is 5.80. The molecule has 0 aromatic carbocycles. The van der Waals surface area contributed by atoms with Crippen molar-refractivity contribution in [3.8, 4) is 0 Å². The summed E-state index contributed by atoms with van der Waals surface area (Å²) in [6.45, 7) is 1.70. The second-order valence-electron chi connectivity index (χ2n) is 4.67. The highest BCUT2D eigenvalue weighted by atomic mass is 79.9. The van der Waals surface area contributed by atoms with Crippen LogP contribution < -0.4 is 4.72 Å². The van der Waals surface area contributed by atoms with Crippen LogP contribution in [-0.2, 0) is 14.8 Å². The van der Waals surface area contributed by atoms with Crippen molar-refractivity contribution >= 4 is 43.3 Å². The second kappa shape index (κ2) is 5.16. The van der Waals surface area contributed by atoms with Gasteiger partial charge in [0.05, 0.1) is 8.68 Å². The van der Waals surface area contributed by atoms with Crippen LogP contribution in [0.4, 0.5) is 0 Å². The minimum Gasteiger partial charge on any atom is -0.480 e. The van der Waals surface area contributed by atoms with Gasteiger partial charge in [0.2, 0.25) is 10.0 Å². The maximum absolute atomic E-state index is 12.3. The summed E-state index contributed by atoms with van der Waals surface area (Å²) in [5, 5.41) is 9.31. The molecule has 0 radical (unpaired) electrons. The summed E-state index contributed by atoms with van der Waals surface area (Å²) in [6, 6.07) is 1.51. The van der Waals surface area contributed by atoms with Crippen molar-refractivity contribution < 1.29 is 18.3 Å². The maximum Gasteiger partial charge on any atom is 0.324 e. The van der Waals surface area contributed by atoms with E-state index < -0.39 is 21.5 Å². The molecule has 2 rings (SSSR count). The Hall–Kier alpha value is -0.440. The van der Waals surface area contributed by atoms with Crippen LogP contribution in [0.5, 0.6) is 0 Å². The normalized spacial score (nSPS) is 18.6. The molecule has 0 spiro atoms. The molecule has 2 N–H and O–H groups in total. The number of rotatable bonds is 4. The summed E-state index contributed by atoms with van der Waals surface area (Å²) in [6.07, 6.45) is 2.13. The lowest BCUT2D eigenvalue weighted by atomic mass is 10.0. The topological polar surface area (TPSA) is 83.5 Å². The van der Waals surface area contributed by atoms with Crippen molar-refractivity contribution in [1.82, 2.24) is 4.72 Å². The van der Waals surface area contributed by atoms with Gasteiger partial charge in [-0.05, 0) is 41.8 Å². The summed E-state index contributed by atoms with van der Waals surface area (Å²) in [5.41, 5.74) is -1.35. The van der Waals surface area contributed by atoms with Crippen LogP contribution in [0, 0.1) is 6.92 Å². The van der Waals surface area contributed by atoms with Gasteiger partial charge in [-0.25, -0.2) is 8.42 Å². The number of hydrogen-bond donors (Lipinski definition) is 2. The molecule has 1 aromatic rings. The van der Waals surface area contributed by atoms with Crippen LogP contribution in [0.25, 0.3) is 0 Å². The third-order valence-electron chi connectivity index (χ3n) is 3.33. The molecule has 8 heteroatoms. The molecule has 0 atom stereocenters. The highest BCUT2D eigenvalue weighted by Gasteiger charge is 2.45. The summed E-state index contributed by atoms with van der Waals surface area (Å²) in [4.78, 5) is 12.2. The predicted molar refractivity (Wildman–Crippen MR) is 75.9 cm³/mol. The molecule has 1 heterocycles. The average molecular weight is 368 g/mol. The molecule has 0 amide bonds. The first-order chi connectivity index (χ1) is 8.77. The lowest BCUT2D eigenvalue weighted by molar-refractivity contribution is -0.143. The van der Waals surface area contributed by atoms with Gasteiger partial charge < -0.3 is 5.11 Å². The number of hydrogen-bond acceptors (Lipinski definition) is 4. The number of sulfonamides is 1. The summed E-state index contributed by atoms with van der Waals surface area (Å²) >= 11 is 4.55. The highest BCUT2D eigenvalue weighted by molar-refractivity contribution is 9.11. The molecule has 0 aliphatic heterocycles. The SMILES string of the molecule is Cc1sc(Br)cc1S(=O)(=O)NC1(C(=O)O)CCCC1. The van der Waals surface area contributed by atoms with Gasteiger partial charge in [-0.15, -0.1) is 11.3 Å². The molecular formula is C11H14BrNO4S2. The minimum absolute atomic E-state index is 0.150. The minimum atomic E-state index is -3.81. The quantitative estimate of drug-likeness (QED) is 0.855. The lowest BCUT2D eigenvalue weighted by Gasteiger charge is -2.24. The van der Waals surface area contributed by atoms with E-state index >= 15 is 0 Å². The lowest BCUT2D eigenvalue weighted by Crippen LogP contribution is -2.52. The molecule has 1 saturated carbocycles. The molecule has 1 aliphatic carbocycles. The number of thiophene rings is 1. The monoisotopic (exact) mass is 367 g/mol. The number of aliphatic carboxylic acids is 1. The Bertz CT molecular complexity index is 602. The van der Waals surface area contributed by atoms with E-state index in [0.717, 1.165) is 12.8 Å². The van der Waals surface area contributed by atoms with E-state index in [9.17, 15) is 18.3 Å². The molecule has 5 nitrogen and oxygen atoms in total. The number of aryl methyl sites for hydroxylation is 1. The Kier molecular flexibility index (Phi) is 4.06. The Morgan fingerprint density at radius 3 is 2.47 bits per heavy atom. The van der Waals surface area contributed by atoms with E-state index in [1.165, 1.54) is 17.4 Å². The highest BCUT2D eigenvalue weighted by Crippen LogP contribution is 2.34. The van der Waals surface area contributed by atoms with Gasteiger partial charge in [-0.1, -0.05) is 12.8 Å². The average Bonchev–Trinajstić information content (AvgIpc) is 2.86. The molecule has 0 unspecified atom stereocenters. The van der Waals surface area contributed by atoms with Crippen molar-refractivity contribution in [3.05, 3.63) is 14.7 Å². The van der Waals surface area contributed by atoms with Gasteiger partial charge >= 0.3 is 5.97 Å². The van der Waals surface area contributed by atoms with Gasteiger partial charge in [0.15, 0.2) is 0 Å². The molecule has 0 saturated heterocycles. The molecule has 1 fully saturated rings. The zero-order valence-corrected chi connectivity index (χ0v) is 13.5. The van der Waals surface area contributed by atoms with Crippen LogP contribution in [0.2, 0.25) is 0 Å². The van der Waals surface area contributed by atoms with Gasteiger partial charge in [-0.3, -0.25) is 4.79 Å². The van der Waals surface area contributed by atoms with E-state index in [1.54, 1.807) is 6.92 Å². The second-order valence-corrected chi connectivity index (χ2v) is 8.96. The zero-order chi connectivity index (χ0) is 14.3. The first kappa shape index (κ1) is 15.0. The third-order valence-corrected chi connectivity index (χ3v) is 6.67. The van der Waals surface area contributed by atoms with Gasteiger partial charge in [-0.2, -0.15) is 4.72 Å². The van der Waals surface area contributed by atoms with Crippen LogP contribution >= 0.6 is 27.3 Å². The van der Waals surface area contributed by atoms with Crippen molar-refractivity contribution in [3.63, 3.8) is 0 Å². The third kappa shape index (κ3) is 2.86. The van der Waals surface area contributed by atoms with Gasteiger partial charge in [0.1, 0.15) is 5.54 Å². The summed E-state index contributed by atoms with van der Waals surface area (Å²) in [5.74, 6) is -1.10. The Labute approximate surface area is 124 Å². The number of carbonyl (C=O) groups is 1. The van der Waals surface area contributed by atoms with Crippen LogP contribution in [-0.4, -0.2) is 25.0 Å². The smallest absolute Gasteiger partial charge is 0.324 e. The van der Waals surface area contributed by atoms with Crippen molar-refractivity contribution in [2.45, 2.75) is 43.0 Å². The fraction of sp³-hybridized carbons (Fsp3) is 0.545.